The number of hydrogen-bond donors (Lipinski definition) is 2. The molecule has 4 heteroatoms. The van der Waals surface area contributed by atoms with E-state index in [1.54, 1.807) is 0 Å². The summed E-state index contributed by atoms with van der Waals surface area (Å²) in [6, 6.07) is 7.94. The van der Waals surface area contributed by atoms with Crippen molar-refractivity contribution in [3.63, 3.8) is 0 Å². The standard InChI is InChI=1S/C23H34N2O2/c1-2-23(18-10-5-4-9-17(18)21(24)26)19-15-25(16-20(19)23)14-8-13-22(27)11-6-3-7-12-22/h4-5,9-10,19-20,27H,2-3,6-8,11-16H2,1H3,(H2,24,26). The molecule has 0 bridgehead atoms. The predicted octanol–water partition coefficient (Wildman–Crippen LogP) is 3.47. The van der Waals surface area contributed by atoms with Crippen LogP contribution in [-0.2, 0) is 5.41 Å². The first-order valence-electron chi connectivity index (χ1n) is 10.8. The number of nitrogens with zero attached hydrogens (tertiary/aromatic N) is 1. The van der Waals surface area contributed by atoms with Crippen molar-refractivity contribution in [2.24, 2.45) is 17.6 Å². The maximum Gasteiger partial charge on any atom is 0.248 e. The molecule has 2 saturated carbocycles. The Balaban J connectivity index is 1.35. The molecular weight excluding hydrogens is 336 g/mol. The Morgan fingerprint density at radius 3 is 2.48 bits per heavy atom. The number of aliphatic hydroxyl groups is 1. The number of nitrogens with two attached hydrogens (primary N) is 1. The molecule has 1 aromatic carbocycles. The van der Waals surface area contributed by atoms with Gasteiger partial charge in [0, 0.05) is 24.1 Å². The van der Waals surface area contributed by atoms with E-state index in [2.05, 4.69) is 17.9 Å². The number of likely N-dealkylation sites (tertiary alicyclic amines) is 1. The molecule has 2 atom stereocenters. The van der Waals surface area contributed by atoms with Crippen molar-refractivity contribution in [1.82, 2.24) is 4.90 Å². The first-order chi connectivity index (χ1) is 13.0. The Morgan fingerprint density at radius 1 is 1.19 bits per heavy atom. The Bertz CT molecular complexity index is 683. The molecule has 3 N–H and O–H groups in total. The summed E-state index contributed by atoms with van der Waals surface area (Å²) in [4.78, 5) is 14.5. The number of rotatable bonds is 7. The number of carbonyl (C=O) groups is 1. The molecule has 1 saturated heterocycles. The van der Waals surface area contributed by atoms with Gasteiger partial charge in [-0.2, -0.15) is 0 Å². The van der Waals surface area contributed by atoms with Crippen LogP contribution < -0.4 is 5.73 Å². The number of carbonyl (C=O) groups excluding carboxylic acids is 1. The molecule has 4 rings (SSSR count). The average Bonchev–Trinajstić information content (AvgIpc) is 3.04. The van der Waals surface area contributed by atoms with Gasteiger partial charge >= 0.3 is 0 Å². The lowest BCUT2D eigenvalue weighted by Crippen LogP contribution is -2.35. The van der Waals surface area contributed by atoms with Gasteiger partial charge in [0.15, 0.2) is 0 Å². The van der Waals surface area contributed by atoms with Crippen LogP contribution in [-0.4, -0.2) is 41.1 Å². The lowest BCUT2D eigenvalue weighted by Gasteiger charge is -2.33. The molecule has 1 aliphatic heterocycles. The van der Waals surface area contributed by atoms with Crippen LogP contribution in [0.4, 0.5) is 0 Å². The van der Waals surface area contributed by atoms with Crippen LogP contribution in [0.5, 0.6) is 0 Å². The summed E-state index contributed by atoms with van der Waals surface area (Å²) in [6.45, 7) is 5.57. The quantitative estimate of drug-likeness (QED) is 0.772. The van der Waals surface area contributed by atoms with Crippen LogP contribution in [0.3, 0.4) is 0 Å². The number of primary amides is 1. The molecule has 3 fully saturated rings. The van der Waals surface area contributed by atoms with Crippen molar-refractivity contribution in [2.45, 2.75) is 69.3 Å². The lowest BCUT2D eigenvalue weighted by molar-refractivity contribution is -0.00722. The van der Waals surface area contributed by atoms with Crippen LogP contribution in [0.2, 0.25) is 0 Å². The minimum atomic E-state index is -0.394. The average molecular weight is 371 g/mol. The van der Waals surface area contributed by atoms with Crippen molar-refractivity contribution in [1.29, 1.82) is 0 Å². The van der Waals surface area contributed by atoms with Gasteiger partial charge < -0.3 is 15.7 Å². The second kappa shape index (κ2) is 7.21. The molecule has 4 nitrogen and oxygen atoms in total. The zero-order valence-electron chi connectivity index (χ0n) is 16.6. The van der Waals surface area contributed by atoms with Gasteiger partial charge in [0.25, 0.3) is 0 Å². The van der Waals surface area contributed by atoms with E-state index in [-0.39, 0.29) is 11.3 Å². The molecule has 27 heavy (non-hydrogen) atoms. The Morgan fingerprint density at radius 2 is 1.85 bits per heavy atom. The topological polar surface area (TPSA) is 66.6 Å². The van der Waals surface area contributed by atoms with E-state index in [1.165, 1.54) is 24.8 Å². The van der Waals surface area contributed by atoms with Crippen LogP contribution >= 0.6 is 0 Å². The fraction of sp³-hybridized carbons (Fsp3) is 0.696. The van der Waals surface area contributed by atoms with E-state index in [0.717, 1.165) is 51.7 Å². The molecular formula is C23H34N2O2. The first kappa shape index (κ1) is 18.9. The van der Waals surface area contributed by atoms with Crippen LogP contribution in [0, 0.1) is 11.8 Å². The van der Waals surface area contributed by atoms with Gasteiger partial charge in [0.05, 0.1) is 5.60 Å². The summed E-state index contributed by atoms with van der Waals surface area (Å²) in [5.41, 5.74) is 7.28. The minimum Gasteiger partial charge on any atom is -0.390 e. The van der Waals surface area contributed by atoms with Gasteiger partial charge in [-0.25, -0.2) is 0 Å². The molecule has 0 spiro atoms. The molecule has 1 heterocycles. The normalized spacial score (nSPS) is 32.2. The van der Waals surface area contributed by atoms with Crippen LogP contribution in [0.1, 0.15) is 74.2 Å². The van der Waals surface area contributed by atoms with Crippen molar-refractivity contribution in [3.8, 4) is 0 Å². The summed E-state index contributed by atoms with van der Waals surface area (Å²) in [5.74, 6) is 0.975. The van der Waals surface area contributed by atoms with Gasteiger partial charge in [0.2, 0.25) is 5.91 Å². The van der Waals surface area contributed by atoms with Gasteiger partial charge in [0.1, 0.15) is 0 Å². The number of piperidine rings is 1. The first-order valence-corrected chi connectivity index (χ1v) is 10.8. The predicted molar refractivity (Wildman–Crippen MR) is 108 cm³/mol. The summed E-state index contributed by atoms with van der Waals surface area (Å²) >= 11 is 0. The molecule has 3 aliphatic rings. The maximum atomic E-state index is 11.9. The molecule has 0 radical (unpaired) electrons. The molecule has 148 valence electrons. The zero-order valence-corrected chi connectivity index (χ0v) is 16.6. The van der Waals surface area contributed by atoms with Gasteiger partial charge in [-0.3, -0.25) is 4.79 Å². The van der Waals surface area contributed by atoms with E-state index in [4.69, 9.17) is 5.73 Å². The molecule has 1 amide bonds. The minimum absolute atomic E-state index is 0.143. The highest BCUT2D eigenvalue weighted by Crippen LogP contribution is 2.65. The van der Waals surface area contributed by atoms with E-state index < -0.39 is 5.60 Å². The van der Waals surface area contributed by atoms with Gasteiger partial charge in [-0.05, 0) is 62.1 Å². The summed E-state index contributed by atoms with van der Waals surface area (Å²) in [6.07, 6.45) is 8.73. The monoisotopic (exact) mass is 370 g/mol. The van der Waals surface area contributed by atoms with E-state index in [1.807, 2.05) is 18.2 Å². The highest BCUT2D eigenvalue weighted by molar-refractivity contribution is 5.95. The van der Waals surface area contributed by atoms with Crippen molar-refractivity contribution < 1.29 is 9.90 Å². The van der Waals surface area contributed by atoms with Crippen LogP contribution in [0.25, 0.3) is 0 Å². The van der Waals surface area contributed by atoms with E-state index in [0.29, 0.717) is 17.4 Å². The smallest absolute Gasteiger partial charge is 0.248 e. The molecule has 1 aromatic rings. The Hall–Kier alpha value is -1.39. The third kappa shape index (κ3) is 3.31. The number of hydrogen-bond acceptors (Lipinski definition) is 3. The van der Waals surface area contributed by atoms with Gasteiger partial charge in [-0.1, -0.05) is 44.4 Å². The Kier molecular flexibility index (Phi) is 5.06. The van der Waals surface area contributed by atoms with E-state index >= 15 is 0 Å². The SMILES string of the molecule is CCC1(c2ccccc2C(N)=O)C2CN(CCCC3(O)CCCCC3)CC21. The summed E-state index contributed by atoms with van der Waals surface area (Å²) < 4.78 is 0. The third-order valence-corrected chi connectivity index (χ3v) is 7.79. The molecule has 2 unspecified atom stereocenters. The fourth-order valence-corrected chi connectivity index (χ4v) is 6.31. The molecule has 0 aromatic heterocycles. The third-order valence-electron chi connectivity index (χ3n) is 7.79. The zero-order chi connectivity index (χ0) is 19.1. The van der Waals surface area contributed by atoms with Crippen molar-refractivity contribution in [3.05, 3.63) is 35.4 Å². The lowest BCUT2D eigenvalue weighted by atomic mass is 9.81. The Labute approximate surface area is 163 Å². The number of amides is 1. The maximum absolute atomic E-state index is 11.9. The number of benzene rings is 1. The van der Waals surface area contributed by atoms with Crippen molar-refractivity contribution in [2.75, 3.05) is 19.6 Å². The molecule has 2 aliphatic carbocycles. The summed E-state index contributed by atoms with van der Waals surface area (Å²) in [7, 11) is 0. The van der Waals surface area contributed by atoms with Gasteiger partial charge in [-0.15, -0.1) is 0 Å². The highest BCUT2D eigenvalue weighted by atomic mass is 16.3. The second-order valence-corrected chi connectivity index (χ2v) is 9.16. The van der Waals surface area contributed by atoms with Crippen molar-refractivity contribution >= 4 is 5.91 Å². The largest absolute Gasteiger partial charge is 0.390 e. The van der Waals surface area contributed by atoms with Crippen LogP contribution in [0.15, 0.2) is 24.3 Å². The summed E-state index contributed by atoms with van der Waals surface area (Å²) in [5, 5.41) is 10.7. The second-order valence-electron chi connectivity index (χ2n) is 9.16. The number of fused-ring (bicyclic) bond motifs is 1. The highest BCUT2D eigenvalue weighted by Gasteiger charge is 2.67. The fourth-order valence-electron chi connectivity index (χ4n) is 6.31. The van der Waals surface area contributed by atoms with E-state index in [9.17, 15) is 9.90 Å².